The molecular weight excluding hydrogens is 208 g/mol. The fourth-order valence-electron chi connectivity index (χ4n) is 1.59. The van der Waals surface area contributed by atoms with Crippen LogP contribution in [0.2, 0.25) is 0 Å². The maximum absolute atomic E-state index is 5.62. The largest absolute Gasteiger partial charge is 0.379 e. The Kier molecular flexibility index (Phi) is 1.67. The van der Waals surface area contributed by atoms with Crippen LogP contribution in [0.4, 0.5) is 5.82 Å². The Morgan fingerprint density at radius 1 is 1.38 bits per heavy atom. The van der Waals surface area contributed by atoms with Crippen molar-refractivity contribution in [1.29, 1.82) is 0 Å². The zero-order chi connectivity index (χ0) is 11.1. The molecule has 0 fully saturated rings. The lowest BCUT2D eigenvalue weighted by molar-refractivity contribution is 0.310. The molecule has 7 nitrogen and oxygen atoms in total. The number of hydrogen-bond donors (Lipinski definition) is 1. The minimum atomic E-state index is 0.221. The second kappa shape index (κ2) is 3.02. The molecule has 16 heavy (non-hydrogen) atoms. The van der Waals surface area contributed by atoms with Crippen molar-refractivity contribution < 1.29 is 4.63 Å². The van der Waals surface area contributed by atoms with Gasteiger partial charge in [-0.15, -0.1) is 0 Å². The molecular formula is C9H8N6O. The third-order valence-electron chi connectivity index (χ3n) is 2.35. The van der Waals surface area contributed by atoms with E-state index in [1.807, 2.05) is 19.2 Å². The van der Waals surface area contributed by atoms with Crippen molar-refractivity contribution in [2.24, 2.45) is 7.05 Å². The van der Waals surface area contributed by atoms with Crippen LogP contribution in [0, 0.1) is 0 Å². The summed E-state index contributed by atoms with van der Waals surface area (Å²) < 4.78 is 6.35. The molecule has 3 aromatic heterocycles. The average molecular weight is 216 g/mol. The standard InChI is InChI=1S/C9H8N6O/c1-15-8-5(3-2-4-11-8)12-9(15)6-7(10)14-16-13-6/h2-4H,1H3,(H2,10,14). The van der Waals surface area contributed by atoms with Gasteiger partial charge in [-0.2, -0.15) is 0 Å². The van der Waals surface area contributed by atoms with E-state index >= 15 is 0 Å². The topological polar surface area (TPSA) is 95.7 Å². The highest BCUT2D eigenvalue weighted by atomic mass is 16.6. The maximum Gasteiger partial charge on any atom is 0.199 e. The highest BCUT2D eigenvalue weighted by molar-refractivity contribution is 5.78. The summed E-state index contributed by atoms with van der Waals surface area (Å²) >= 11 is 0. The van der Waals surface area contributed by atoms with Gasteiger partial charge in [-0.1, -0.05) is 0 Å². The molecule has 0 saturated carbocycles. The summed E-state index contributed by atoms with van der Waals surface area (Å²) in [6.07, 6.45) is 1.71. The molecule has 3 rings (SSSR count). The van der Waals surface area contributed by atoms with E-state index in [9.17, 15) is 0 Å². The van der Waals surface area contributed by atoms with Crippen LogP contribution < -0.4 is 5.73 Å². The molecule has 0 radical (unpaired) electrons. The number of aromatic nitrogens is 5. The summed E-state index contributed by atoms with van der Waals surface area (Å²) in [5, 5.41) is 7.24. The van der Waals surface area contributed by atoms with Crippen molar-refractivity contribution in [2.75, 3.05) is 5.73 Å². The number of nitrogens with two attached hydrogens (primary N) is 1. The van der Waals surface area contributed by atoms with E-state index < -0.39 is 0 Å². The van der Waals surface area contributed by atoms with Crippen LogP contribution in [0.5, 0.6) is 0 Å². The van der Waals surface area contributed by atoms with Crippen molar-refractivity contribution in [1.82, 2.24) is 24.8 Å². The number of hydrogen-bond acceptors (Lipinski definition) is 6. The molecule has 0 atom stereocenters. The van der Waals surface area contributed by atoms with E-state index in [1.165, 1.54) is 0 Å². The van der Waals surface area contributed by atoms with Crippen LogP contribution >= 0.6 is 0 Å². The Balaban J connectivity index is 2.33. The molecule has 0 bridgehead atoms. The van der Waals surface area contributed by atoms with Gasteiger partial charge in [0.15, 0.2) is 23.0 Å². The molecule has 0 aliphatic rings. The zero-order valence-electron chi connectivity index (χ0n) is 8.45. The molecule has 0 aromatic carbocycles. The SMILES string of the molecule is Cn1c(-c2nonc2N)nc2cccnc21. The van der Waals surface area contributed by atoms with Crippen molar-refractivity contribution in [3.63, 3.8) is 0 Å². The summed E-state index contributed by atoms with van der Waals surface area (Å²) in [5.41, 5.74) is 7.60. The fourth-order valence-corrected chi connectivity index (χ4v) is 1.59. The van der Waals surface area contributed by atoms with Gasteiger partial charge in [-0.3, -0.25) is 0 Å². The maximum atomic E-state index is 5.62. The van der Waals surface area contributed by atoms with Gasteiger partial charge in [-0.05, 0) is 22.4 Å². The summed E-state index contributed by atoms with van der Waals surface area (Å²) in [4.78, 5) is 8.60. The lowest BCUT2D eigenvalue weighted by Gasteiger charge is -1.96. The summed E-state index contributed by atoms with van der Waals surface area (Å²) in [6.45, 7) is 0. The van der Waals surface area contributed by atoms with Gasteiger partial charge in [0.1, 0.15) is 5.52 Å². The third-order valence-corrected chi connectivity index (χ3v) is 2.35. The van der Waals surface area contributed by atoms with Gasteiger partial charge in [-0.25, -0.2) is 14.6 Å². The molecule has 0 amide bonds. The predicted octanol–water partition coefficient (Wildman–Crippen LogP) is 0.601. The molecule has 3 aromatic rings. The minimum Gasteiger partial charge on any atom is -0.379 e. The number of rotatable bonds is 1. The summed E-state index contributed by atoms with van der Waals surface area (Å²) in [6, 6.07) is 3.69. The van der Waals surface area contributed by atoms with E-state index in [0.717, 1.165) is 11.2 Å². The number of anilines is 1. The molecule has 0 aliphatic carbocycles. The average Bonchev–Trinajstić information content (AvgIpc) is 2.84. The lowest BCUT2D eigenvalue weighted by atomic mass is 10.4. The van der Waals surface area contributed by atoms with Gasteiger partial charge < -0.3 is 10.3 Å². The van der Waals surface area contributed by atoms with Crippen molar-refractivity contribution in [3.05, 3.63) is 18.3 Å². The first kappa shape index (κ1) is 8.84. The van der Waals surface area contributed by atoms with Gasteiger partial charge in [0.25, 0.3) is 0 Å². The summed E-state index contributed by atoms with van der Waals surface area (Å²) in [7, 11) is 1.84. The van der Waals surface area contributed by atoms with Crippen LogP contribution in [0.15, 0.2) is 23.0 Å². The lowest BCUT2D eigenvalue weighted by Crippen LogP contribution is -1.96. The van der Waals surface area contributed by atoms with E-state index in [4.69, 9.17) is 5.73 Å². The van der Waals surface area contributed by atoms with Crippen molar-refractivity contribution in [2.45, 2.75) is 0 Å². The molecule has 0 aliphatic heterocycles. The second-order valence-electron chi connectivity index (χ2n) is 3.34. The first-order valence-corrected chi connectivity index (χ1v) is 4.63. The Bertz CT molecular complexity index is 655. The zero-order valence-corrected chi connectivity index (χ0v) is 8.45. The molecule has 0 spiro atoms. The highest BCUT2D eigenvalue weighted by Crippen LogP contribution is 2.23. The van der Waals surface area contributed by atoms with Crippen molar-refractivity contribution >= 4 is 17.0 Å². The Labute approximate surface area is 89.9 Å². The van der Waals surface area contributed by atoms with Crippen LogP contribution in [0.25, 0.3) is 22.7 Å². The van der Waals surface area contributed by atoms with Gasteiger partial charge in [0.2, 0.25) is 0 Å². The predicted molar refractivity (Wildman–Crippen MR) is 56.2 cm³/mol. The Morgan fingerprint density at radius 3 is 2.94 bits per heavy atom. The van der Waals surface area contributed by atoms with Crippen LogP contribution in [-0.4, -0.2) is 24.8 Å². The van der Waals surface area contributed by atoms with Gasteiger partial charge >= 0.3 is 0 Å². The summed E-state index contributed by atoms with van der Waals surface area (Å²) in [5.74, 6) is 0.811. The second-order valence-corrected chi connectivity index (χ2v) is 3.34. The van der Waals surface area contributed by atoms with E-state index in [-0.39, 0.29) is 5.82 Å². The molecule has 80 valence electrons. The quantitative estimate of drug-likeness (QED) is 0.639. The third kappa shape index (κ3) is 1.08. The molecule has 7 heteroatoms. The number of aryl methyl sites for hydroxylation is 1. The molecule has 2 N–H and O–H groups in total. The normalized spacial score (nSPS) is 11.1. The first-order chi connectivity index (χ1) is 7.77. The molecule has 0 unspecified atom stereocenters. The number of nitrogen functional groups attached to an aromatic ring is 1. The Morgan fingerprint density at radius 2 is 2.25 bits per heavy atom. The van der Waals surface area contributed by atoms with Crippen LogP contribution in [0.3, 0.4) is 0 Å². The van der Waals surface area contributed by atoms with Crippen LogP contribution in [0.1, 0.15) is 0 Å². The highest BCUT2D eigenvalue weighted by Gasteiger charge is 2.17. The number of imidazole rings is 1. The monoisotopic (exact) mass is 216 g/mol. The van der Waals surface area contributed by atoms with E-state index in [2.05, 4.69) is 24.9 Å². The van der Waals surface area contributed by atoms with E-state index in [1.54, 1.807) is 10.8 Å². The number of nitrogens with zero attached hydrogens (tertiary/aromatic N) is 5. The minimum absolute atomic E-state index is 0.221. The van der Waals surface area contributed by atoms with Gasteiger partial charge in [0, 0.05) is 13.2 Å². The Hall–Kier alpha value is -2.44. The van der Waals surface area contributed by atoms with Gasteiger partial charge in [0.05, 0.1) is 0 Å². The van der Waals surface area contributed by atoms with E-state index in [0.29, 0.717) is 11.5 Å². The molecule has 3 heterocycles. The van der Waals surface area contributed by atoms with Crippen molar-refractivity contribution in [3.8, 4) is 11.5 Å². The fraction of sp³-hybridized carbons (Fsp3) is 0.111. The molecule has 0 saturated heterocycles. The first-order valence-electron chi connectivity index (χ1n) is 4.63. The number of fused-ring (bicyclic) bond motifs is 1. The number of pyridine rings is 1. The smallest absolute Gasteiger partial charge is 0.199 e. The van der Waals surface area contributed by atoms with Crippen LogP contribution in [-0.2, 0) is 7.05 Å².